The van der Waals surface area contributed by atoms with Gasteiger partial charge in [0, 0.05) is 35.6 Å². The third-order valence-electron chi connectivity index (χ3n) is 6.79. The zero-order chi connectivity index (χ0) is 34.9. The Hall–Kier alpha value is -2.98. The molecule has 17 heteroatoms. The van der Waals surface area contributed by atoms with Gasteiger partial charge in [-0.1, -0.05) is 24.3 Å². The van der Waals surface area contributed by atoms with Crippen molar-refractivity contribution >= 4 is 11.4 Å². The van der Waals surface area contributed by atoms with Crippen LogP contribution in [0.1, 0.15) is 51.7 Å². The third kappa shape index (κ3) is 8.64. The molecule has 0 radical (unpaired) electrons. The topological polar surface area (TPSA) is 33.3 Å². The first kappa shape index (κ1) is 38.2. The van der Waals surface area contributed by atoms with Crippen molar-refractivity contribution < 1.29 is 66.2 Å². The first-order valence-electron chi connectivity index (χ1n) is 13.1. The molecule has 0 atom stereocenters. The molecule has 0 bridgehead atoms. The van der Waals surface area contributed by atoms with Crippen LogP contribution in [0.4, 0.5) is 72.8 Å². The second-order valence-electron chi connectivity index (χ2n) is 11.4. The zero-order valence-corrected chi connectivity index (χ0v) is 24.1. The Morgan fingerprint density at radius 1 is 0.444 bits per heavy atom. The van der Waals surface area contributed by atoms with Crippen LogP contribution >= 0.6 is 0 Å². The molecule has 256 valence electrons. The molecule has 0 aliphatic heterocycles. The molecule has 3 nitrogen and oxygen atoms in total. The number of benzene rings is 2. The lowest BCUT2D eigenvalue weighted by Gasteiger charge is -2.36. The third-order valence-corrected chi connectivity index (χ3v) is 6.79. The van der Waals surface area contributed by atoms with E-state index in [1.165, 1.54) is 0 Å². The number of halogens is 14. The van der Waals surface area contributed by atoms with Gasteiger partial charge in [-0.15, -0.1) is 0 Å². The van der Waals surface area contributed by atoms with Gasteiger partial charge >= 0.3 is 36.0 Å². The summed E-state index contributed by atoms with van der Waals surface area (Å²) in [6.45, 7) is 7.05. The maximum atomic E-state index is 14.2. The van der Waals surface area contributed by atoms with Crippen LogP contribution < -0.4 is 10.6 Å². The molecule has 0 fully saturated rings. The maximum Gasteiger partial charge on any atom is 0.435 e. The van der Waals surface area contributed by atoms with E-state index in [1.807, 2.05) is 0 Å². The molecule has 2 aromatic carbocycles. The van der Waals surface area contributed by atoms with Gasteiger partial charge in [0.05, 0.1) is 11.2 Å². The molecule has 0 heterocycles. The molecular weight excluding hydrogens is 646 g/mol. The number of anilines is 2. The quantitative estimate of drug-likeness (QED) is 0.220. The van der Waals surface area contributed by atoms with E-state index in [1.54, 1.807) is 27.7 Å². The van der Waals surface area contributed by atoms with E-state index in [2.05, 4.69) is 10.6 Å². The minimum atomic E-state index is -6.23. The largest absolute Gasteiger partial charge is 0.435 e. The molecule has 0 saturated heterocycles. The van der Waals surface area contributed by atoms with E-state index in [-0.39, 0.29) is 37.3 Å². The lowest BCUT2D eigenvalue weighted by Crippen LogP contribution is -2.50. The van der Waals surface area contributed by atoms with E-state index in [0.717, 1.165) is 24.3 Å². The fraction of sp³-hybridized carbons (Fsp3) is 0.571. The van der Waals surface area contributed by atoms with Gasteiger partial charge in [-0.2, -0.15) is 52.7 Å². The van der Waals surface area contributed by atoms with Gasteiger partial charge in [0.1, 0.15) is 0 Å². The molecule has 2 aromatic rings. The molecule has 45 heavy (non-hydrogen) atoms. The summed E-state index contributed by atoms with van der Waals surface area (Å²) >= 11 is 0. The summed E-state index contributed by atoms with van der Waals surface area (Å²) in [5.41, 5.74) is -15.8. The minimum Gasteiger partial charge on any atom is -0.385 e. The molecule has 0 spiro atoms. The first-order chi connectivity index (χ1) is 20.1. The number of alkyl halides is 14. The monoisotopic (exact) mass is 676 g/mol. The van der Waals surface area contributed by atoms with Gasteiger partial charge in [0.25, 0.3) is 0 Å². The van der Waals surface area contributed by atoms with Gasteiger partial charge < -0.3 is 15.4 Å². The summed E-state index contributed by atoms with van der Waals surface area (Å²) in [7, 11) is 0. The maximum absolute atomic E-state index is 14.2. The Morgan fingerprint density at radius 3 is 0.911 bits per heavy atom. The van der Waals surface area contributed by atoms with Crippen molar-refractivity contribution in [1.82, 2.24) is 0 Å². The zero-order valence-electron chi connectivity index (χ0n) is 24.1. The number of nitrogens with one attached hydrogen (secondary N) is 2. The van der Waals surface area contributed by atoms with Crippen LogP contribution in [-0.2, 0) is 16.1 Å². The normalized spacial score (nSPS) is 14.4. The number of hydrogen-bond acceptors (Lipinski definition) is 3. The molecule has 2 N–H and O–H groups in total. The summed E-state index contributed by atoms with van der Waals surface area (Å²) in [5.74, 6) is 0. The van der Waals surface area contributed by atoms with Crippen LogP contribution in [-0.4, -0.2) is 49.0 Å². The van der Waals surface area contributed by atoms with Crippen LogP contribution in [0.25, 0.3) is 0 Å². The van der Waals surface area contributed by atoms with Crippen molar-refractivity contribution in [3.8, 4) is 0 Å². The average molecular weight is 677 g/mol. The predicted molar refractivity (Wildman–Crippen MR) is 138 cm³/mol. The van der Waals surface area contributed by atoms with E-state index in [4.69, 9.17) is 4.74 Å². The molecule has 0 aliphatic rings. The van der Waals surface area contributed by atoms with Crippen molar-refractivity contribution in [2.24, 2.45) is 0 Å². The highest BCUT2D eigenvalue weighted by atomic mass is 19.4. The molecule has 0 amide bonds. The first-order valence-corrected chi connectivity index (χ1v) is 13.1. The Bertz CT molecular complexity index is 1120. The van der Waals surface area contributed by atoms with Crippen molar-refractivity contribution in [2.45, 2.75) is 87.8 Å². The number of ether oxygens (including phenoxy) is 1. The van der Waals surface area contributed by atoms with Crippen LogP contribution in [0, 0.1) is 0 Å². The fourth-order valence-corrected chi connectivity index (χ4v) is 4.48. The summed E-state index contributed by atoms with van der Waals surface area (Å²) in [4.78, 5) is 0. The highest BCUT2D eigenvalue weighted by molar-refractivity contribution is 5.47. The van der Waals surface area contributed by atoms with Crippen molar-refractivity contribution in [3.05, 3.63) is 59.7 Å². The van der Waals surface area contributed by atoms with Crippen molar-refractivity contribution in [1.29, 1.82) is 0 Å². The molecule has 0 saturated carbocycles. The lowest BCUT2D eigenvalue weighted by atomic mass is 9.94. The summed E-state index contributed by atoms with van der Waals surface area (Å²) < 4.78 is 190. The smallest absolute Gasteiger partial charge is 0.385 e. The Balaban J connectivity index is 1.94. The number of rotatable bonds is 12. The van der Waals surface area contributed by atoms with E-state index in [9.17, 15) is 61.5 Å². The van der Waals surface area contributed by atoms with Gasteiger partial charge in [-0.25, -0.2) is 8.78 Å². The Kier molecular flexibility index (Phi) is 10.8. The Morgan fingerprint density at radius 2 is 0.689 bits per heavy atom. The molecule has 0 unspecified atom stereocenters. The highest BCUT2D eigenvalue weighted by Gasteiger charge is 2.74. The second kappa shape index (κ2) is 12.7. The molecular formula is C28H30F14N2O. The minimum absolute atomic E-state index is 0.117. The van der Waals surface area contributed by atoms with Crippen LogP contribution in [0.3, 0.4) is 0 Å². The molecule has 0 aromatic heterocycles. The van der Waals surface area contributed by atoms with Crippen LogP contribution in [0.2, 0.25) is 0 Å². The summed E-state index contributed by atoms with van der Waals surface area (Å²) in [6.07, 6.45) is -24.4. The van der Waals surface area contributed by atoms with E-state index < -0.39 is 58.4 Å². The predicted octanol–water partition coefficient (Wildman–Crippen LogP) is 10.1. The summed E-state index contributed by atoms with van der Waals surface area (Å²) in [5, 5.41) is 5.59. The van der Waals surface area contributed by atoms with E-state index in [0.29, 0.717) is 24.3 Å². The SMILES string of the molecule is CC(C)(CCNc1ccc(C(F)(C(F)(F)F)C(F)(F)F)cc1)OC(C)(C)CCNc1ccc(C(F)(C(F)(F)F)C(F)(F)F)cc1. The Labute approximate surface area is 249 Å². The standard InChI is InChI=1S/C28H30F14N2O/c1-21(2,13-15-43-19-9-5-17(6-10-19)23(29,25(31,32)33)26(34,35)36)45-22(3,4)14-16-44-20-11-7-18(8-12-20)24(30,27(37,38)39)28(40,41)42/h5-12,43-44H,13-16H2,1-4H3. The average Bonchev–Trinajstić information content (AvgIpc) is 2.85. The van der Waals surface area contributed by atoms with E-state index >= 15 is 0 Å². The van der Waals surface area contributed by atoms with Gasteiger partial charge in [-0.3, -0.25) is 0 Å². The fourth-order valence-electron chi connectivity index (χ4n) is 4.48. The summed E-state index contributed by atoms with van der Waals surface area (Å²) in [6, 6.07) is 5.02. The molecule has 2 rings (SSSR count). The van der Waals surface area contributed by atoms with Crippen LogP contribution in [0.5, 0.6) is 0 Å². The van der Waals surface area contributed by atoms with Crippen LogP contribution in [0.15, 0.2) is 48.5 Å². The highest BCUT2D eigenvalue weighted by Crippen LogP contribution is 2.54. The van der Waals surface area contributed by atoms with Crippen molar-refractivity contribution in [2.75, 3.05) is 23.7 Å². The van der Waals surface area contributed by atoms with Crippen molar-refractivity contribution in [3.63, 3.8) is 0 Å². The van der Waals surface area contributed by atoms with Gasteiger partial charge in [0.15, 0.2) is 0 Å². The van der Waals surface area contributed by atoms with Gasteiger partial charge in [0.2, 0.25) is 0 Å². The van der Waals surface area contributed by atoms with Gasteiger partial charge in [-0.05, 0) is 64.8 Å². The lowest BCUT2D eigenvalue weighted by molar-refractivity contribution is -0.349. The number of hydrogen-bond donors (Lipinski definition) is 2. The molecule has 0 aliphatic carbocycles. The second-order valence-corrected chi connectivity index (χ2v) is 11.4.